The molecule has 2 rings (SSSR count). The second-order valence-electron chi connectivity index (χ2n) is 5.54. The van der Waals surface area contributed by atoms with E-state index in [9.17, 15) is 17.8 Å². The van der Waals surface area contributed by atoms with E-state index in [0.717, 1.165) is 32.1 Å². The molecule has 6 heteroatoms. The Balaban J connectivity index is 2.55. The molecule has 5 nitrogen and oxygen atoms in total. The highest BCUT2D eigenvalue weighted by Gasteiger charge is 2.23. The van der Waals surface area contributed by atoms with Crippen molar-refractivity contribution in [3.8, 4) is 5.75 Å². The van der Waals surface area contributed by atoms with Crippen LogP contribution in [-0.2, 0) is 14.9 Å². The lowest BCUT2D eigenvalue weighted by Gasteiger charge is -2.26. The van der Waals surface area contributed by atoms with Gasteiger partial charge in [-0.3, -0.25) is 4.79 Å². The number of esters is 1. The largest absolute Gasteiger partial charge is 0.744 e. The molecule has 1 fully saturated rings. The molecule has 0 bridgehead atoms. The summed E-state index contributed by atoms with van der Waals surface area (Å²) in [6.45, 7) is 2.85. The van der Waals surface area contributed by atoms with E-state index in [1.165, 1.54) is 19.1 Å². The molecule has 0 amide bonds. The van der Waals surface area contributed by atoms with Gasteiger partial charge in [-0.25, -0.2) is 8.42 Å². The van der Waals surface area contributed by atoms with E-state index in [2.05, 4.69) is 0 Å². The van der Waals surface area contributed by atoms with E-state index in [0.29, 0.717) is 16.9 Å². The Kier molecular flexibility index (Phi) is 4.68. The Morgan fingerprint density at radius 3 is 2.38 bits per heavy atom. The van der Waals surface area contributed by atoms with Crippen LogP contribution in [0.2, 0.25) is 0 Å². The maximum Gasteiger partial charge on any atom is 0.308 e. The summed E-state index contributed by atoms with van der Waals surface area (Å²) in [5.41, 5.74) is 0.838. The zero-order valence-electron chi connectivity index (χ0n) is 12.2. The molecule has 1 aliphatic rings. The summed E-state index contributed by atoms with van der Waals surface area (Å²) in [5, 5.41) is 0. The SMILES string of the molecule is CC(=O)Oc1cc(C)c(S(=O)(=O)[O-])c(C2CCCCC2)c1. The average molecular weight is 311 g/mol. The van der Waals surface area contributed by atoms with Gasteiger partial charge in [0.05, 0.1) is 4.90 Å². The van der Waals surface area contributed by atoms with E-state index >= 15 is 0 Å². The molecular weight excluding hydrogens is 292 g/mol. The van der Waals surface area contributed by atoms with Crippen molar-refractivity contribution in [2.24, 2.45) is 0 Å². The molecule has 0 radical (unpaired) electrons. The van der Waals surface area contributed by atoms with Gasteiger partial charge in [-0.1, -0.05) is 19.3 Å². The van der Waals surface area contributed by atoms with Gasteiger partial charge in [0.2, 0.25) is 0 Å². The smallest absolute Gasteiger partial charge is 0.308 e. The van der Waals surface area contributed by atoms with Crippen LogP contribution in [0.3, 0.4) is 0 Å². The minimum absolute atomic E-state index is 0.0340. The summed E-state index contributed by atoms with van der Waals surface area (Å²) in [5.74, 6) is -0.138. The summed E-state index contributed by atoms with van der Waals surface area (Å²) in [6, 6.07) is 2.97. The molecule has 21 heavy (non-hydrogen) atoms. The lowest BCUT2D eigenvalue weighted by atomic mass is 9.83. The van der Waals surface area contributed by atoms with E-state index in [4.69, 9.17) is 4.74 Å². The van der Waals surface area contributed by atoms with Crippen LogP contribution in [0.25, 0.3) is 0 Å². The van der Waals surface area contributed by atoms with Gasteiger partial charge in [-0.05, 0) is 48.9 Å². The molecule has 1 aliphatic carbocycles. The number of ether oxygens (including phenoxy) is 1. The van der Waals surface area contributed by atoms with Crippen LogP contribution in [0.15, 0.2) is 17.0 Å². The van der Waals surface area contributed by atoms with Crippen molar-refractivity contribution in [3.05, 3.63) is 23.3 Å². The Labute approximate surface area is 125 Å². The molecule has 0 atom stereocenters. The van der Waals surface area contributed by atoms with E-state index in [-0.39, 0.29) is 10.8 Å². The first-order valence-corrected chi connectivity index (χ1v) is 8.48. The average Bonchev–Trinajstić information content (AvgIpc) is 2.36. The first-order valence-electron chi connectivity index (χ1n) is 7.08. The Hall–Kier alpha value is -1.40. The number of carbonyl (C=O) groups is 1. The van der Waals surface area contributed by atoms with Crippen molar-refractivity contribution >= 4 is 16.1 Å². The molecule has 1 aromatic carbocycles. The second-order valence-corrected chi connectivity index (χ2v) is 6.86. The molecule has 0 heterocycles. The van der Waals surface area contributed by atoms with Gasteiger partial charge in [-0.15, -0.1) is 0 Å². The quantitative estimate of drug-likeness (QED) is 0.487. The number of rotatable bonds is 3. The highest BCUT2D eigenvalue weighted by molar-refractivity contribution is 7.85. The fraction of sp³-hybridized carbons (Fsp3) is 0.533. The zero-order chi connectivity index (χ0) is 15.6. The number of aryl methyl sites for hydroxylation is 1. The van der Waals surface area contributed by atoms with Crippen molar-refractivity contribution in [2.75, 3.05) is 0 Å². The summed E-state index contributed by atoms with van der Waals surface area (Å²) < 4.78 is 39.8. The molecule has 0 saturated heterocycles. The van der Waals surface area contributed by atoms with Crippen LogP contribution in [0.1, 0.15) is 56.1 Å². The van der Waals surface area contributed by atoms with Gasteiger partial charge < -0.3 is 9.29 Å². The van der Waals surface area contributed by atoms with E-state index < -0.39 is 16.1 Å². The molecular formula is C15H19O5S-. The maximum absolute atomic E-state index is 11.6. The normalized spacial score (nSPS) is 16.7. The van der Waals surface area contributed by atoms with Gasteiger partial charge in [0, 0.05) is 6.92 Å². The van der Waals surface area contributed by atoms with E-state index in [1.54, 1.807) is 6.92 Å². The third-order valence-electron chi connectivity index (χ3n) is 3.83. The molecule has 0 N–H and O–H groups in total. The topological polar surface area (TPSA) is 83.5 Å². The van der Waals surface area contributed by atoms with Crippen LogP contribution in [-0.4, -0.2) is 18.9 Å². The summed E-state index contributed by atoms with van der Waals surface area (Å²) >= 11 is 0. The number of carbonyl (C=O) groups excluding carboxylic acids is 1. The van der Waals surface area contributed by atoms with Crippen molar-refractivity contribution in [2.45, 2.75) is 56.8 Å². The fourth-order valence-corrected chi connectivity index (χ4v) is 4.02. The first-order chi connectivity index (χ1) is 9.79. The molecule has 0 aliphatic heterocycles. The number of hydrogen-bond donors (Lipinski definition) is 0. The minimum Gasteiger partial charge on any atom is -0.744 e. The van der Waals surface area contributed by atoms with Crippen molar-refractivity contribution in [3.63, 3.8) is 0 Å². The monoisotopic (exact) mass is 311 g/mol. The fourth-order valence-electron chi connectivity index (χ4n) is 3.05. The highest BCUT2D eigenvalue weighted by Crippen LogP contribution is 2.39. The number of benzene rings is 1. The predicted octanol–water partition coefficient (Wildman–Crippen LogP) is 2.87. The van der Waals surface area contributed by atoms with Crippen LogP contribution < -0.4 is 4.74 Å². The maximum atomic E-state index is 11.6. The Morgan fingerprint density at radius 2 is 1.86 bits per heavy atom. The second kappa shape index (κ2) is 6.15. The van der Waals surface area contributed by atoms with Gasteiger partial charge in [0.1, 0.15) is 15.9 Å². The molecule has 0 aromatic heterocycles. The summed E-state index contributed by atoms with van der Waals surface area (Å²) in [7, 11) is -4.55. The van der Waals surface area contributed by atoms with Crippen LogP contribution in [0.4, 0.5) is 0 Å². The van der Waals surface area contributed by atoms with Crippen molar-refractivity contribution in [1.29, 1.82) is 0 Å². The van der Waals surface area contributed by atoms with Crippen molar-refractivity contribution in [1.82, 2.24) is 0 Å². The lowest BCUT2D eigenvalue weighted by Crippen LogP contribution is -2.13. The molecule has 0 unspecified atom stereocenters. The standard InChI is InChI=1S/C15H20O5S/c1-10-8-13(20-11(2)16)9-14(15(10)21(17,18)19)12-6-4-3-5-7-12/h8-9,12H,3-7H2,1-2H3,(H,17,18,19)/p-1. The zero-order valence-corrected chi connectivity index (χ0v) is 13.0. The molecule has 1 aromatic rings. The Morgan fingerprint density at radius 1 is 1.24 bits per heavy atom. The molecule has 0 spiro atoms. The Bertz CT molecular complexity index is 642. The molecule has 116 valence electrons. The van der Waals surface area contributed by atoms with Crippen LogP contribution in [0, 0.1) is 6.92 Å². The highest BCUT2D eigenvalue weighted by atomic mass is 32.2. The third kappa shape index (κ3) is 3.83. The lowest BCUT2D eigenvalue weighted by molar-refractivity contribution is -0.131. The summed E-state index contributed by atoms with van der Waals surface area (Å²) in [6.07, 6.45) is 4.86. The van der Waals surface area contributed by atoms with Gasteiger partial charge in [0.15, 0.2) is 0 Å². The molecule has 1 saturated carbocycles. The number of hydrogen-bond acceptors (Lipinski definition) is 5. The third-order valence-corrected chi connectivity index (χ3v) is 4.89. The minimum atomic E-state index is -4.55. The van der Waals surface area contributed by atoms with Crippen LogP contribution >= 0.6 is 0 Å². The summed E-state index contributed by atoms with van der Waals surface area (Å²) in [4.78, 5) is 10.9. The predicted molar refractivity (Wildman–Crippen MR) is 76.3 cm³/mol. The first kappa shape index (κ1) is 16.0. The van der Waals surface area contributed by atoms with Crippen molar-refractivity contribution < 1.29 is 22.5 Å². The van der Waals surface area contributed by atoms with Crippen LogP contribution in [0.5, 0.6) is 5.75 Å². The van der Waals surface area contributed by atoms with Gasteiger partial charge >= 0.3 is 5.97 Å². The van der Waals surface area contributed by atoms with E-state index in [1.807, 2.05) is 0 Å². The van der Waals surface area contributed by atoms with Gasteiger partial charge in [-0.2, -0.15) is 0 Å². The van der Waals surface area contributed by atoms with Gasteiger partial charge in [0.25, 0.3) is 0 Å².